The van der Waals surface area contributed by atoms with E-state index in [0.717, 1.165) is 42.0 Å². The number of carbonyl (C=O) groups excluding carboxylic acids is 1. The molecule has 1 aliphatic heterocycles. The second-order valence-electron chi connectivity index (χ2n) is 8.69. The molecule has 2 aromatic carbocycles. The molecule has 0 aliphatic carbocycles. The molecule has 32 heavy (non-hydrogen) atoms. The summed E-state index contributed by atoms with van der Waals surface area (Å²) < 4.78 is 16.5. The largest absolute Gasteiger partial charge is 0.491 e. The van der Waals surface area contributed by atoms with Gasteiger partial charge in [-0.1, -0.05) is 18.2 Å². The Labute approximate surface area is 188 Å². The van der Waals surface area contributed by atoms with Gasteiger partial charge in [-0.3, -0.25) is 10.1 Å². The Balaban J connectivity index is 1.56. The molecule has 0 spiro atoms. The number of non-ortho nitro benzene ring substituents is 1. The van der Waals surface area contributed by atoms with Gasteiger partial charge in [-0.05, 0) is 51.3 Å². The van der Waals surface area contributed by atoms with Gasteiger partial charge in [0.1, 0.15) is 24.6 Å². The van der Waals surface area contributed by atoms with Crippen molar-refractivity contribution in [3.8, 4) is 5.75 Å². The third kappa shape index (κ3) is 6.68. The summed E-state index contributed by atoms with van der Waals surface area (Å²) >= 11 is 0. The highest BCUT2D eigenvalue weighted by Gasteiger charge is 2.21. The van der Waals surface area contributed by atoms with E-state index in [1.54, 1.807) is 12.1 Å². The van der Waals surface area contributed by atoms with Crippen molar-refractivity contribution in [3.05, 3.63) is 63.7 Å². The lowest BCUT2D eigenvalue weighted by atomic mass is 10.00. The van der Waals surface area contributed by atoms with E-state index < -0.39 is 11.6 Å². The number of hydrogen-bond acceptors (Lipinski definition) is 7. The molecule has 0 atom stereocenters. The molecular formula is C24H30N2O6. The van der Waals surface area contributed by atoms with Gasteiger partial charge in [0.05, 0.1) is 11.5 Å². The molecule has 0 aromatic heterocycles. The van der Waals surface area contributed by atoms with Gasteiger partial charge in [-0.25, -0.2) is 4.79 Å². The molecule has 2 aromatic rings. The van der Waals surface area contributed by atoms with E-state index in [1.807, 2.05) is 51.1 Å². The van der Waals surface area contributed by atoms with Crippen molar-refractivity contribution in [2.75, 3.05) is 31.3 Å². The van der Waals surface area contributed by atoms with Gasteiger partial charge in [0.2, 0.25) is 0 Å². The monoisotopic (exact) mass is 442 g/mol. The number of anilines is 1. The Morgan fingerprint density at radius 2 is 1.94 bits per heavy atom. The number of benzene rings is 2. The van der Waals surface area contributed by atoms with E-state index >= 15 is 0 Å². The van der Waals surface area contributed by atoms with Crippen molar-refractivity contribution >= 4 is 17.3 Å². The molecule has 0 bridgehead atoms. The quantitative estimate of drug-likeness (QED) is 0.248. The summed E-state index contributed by atoms with van der Waals surface area (Å²) in [5.41, 5.74) is 2.64. The Bertz CT molecular complexity index is 954. The molecule has 1 heterocycles. The van der Waals surface area contributed by atoms with Gasteiger partial charge in [0, 0.05) is 36.5 Å². The maximum absolute atomic E-state index is 11.7. The Morgan fingerprint density at radius 1 is 1.16 bits per heavy atom. The lowest BCUT2D eigenvalue weighted by Crippen LogP contribution is -2.29. The molecule has 0 amide bonds. The fraction of sp³-hybridized carbons (Fsp3) is 0.458. The average Bonchev–Trinajstić information content (AvgIpc) is 2.73. The zero-order chi connectivity index (χ0) is 23.1. The summed E-state index contributed by atoms with van der Waals surface area (Å²) in [7, 11) is 0. The summed E-state index contributed by atoms with van der Waals surface area (Å²) in [5, 5.41) is 11.1. The highest BCUT2D eigenvalue weighted by atomic mass is 16.6. The van der Waals surface area contributed by atoms with Gasteiger partial charge in [0.25, 0.3) is 5.69 Å². The van der Waals surface area contributed by atoms with E-state index in [9.17, 15) is 14.9 Å². The van der Waals surface area contributed by atoms with Crippen LogP contribution < -0.4 is 9.64 Å². The van der Waals surface area contributed by atoms with Crippen LogP contribution in [-0.4, -0.2) is 42.9 Å². The average molecular weight is 443 g/mol. The first kappa shape index (κ1) is 23.5. The number of fused-ring (bicyclic) bond motifs is 1. The van der Waals surface area contributed by atoms with E-state index in [-0.39, 0.29) is 23.8 Å². The maximum atomic E-state index is 11.7. The number of nitro benzene ring substituents is 1. The summed E-state index contributed by atoms with van der Waals surface area (Å²) in [5.74, 6) is 0.351. The predicted molar refractivity (Wildman–Crippen MR) is 121 cm³/mol. The second kappa shape index (κ2) is 10.5. The number of ether oxygens (including phenoxy) is 3. The summed E-state index contributed by atoms with van der Waals surface area (Å²) in [4.78, 5) is 24.7. The molecular weight excluding hydrogens is 412 g/mol. The van der Waals surface area contributed by atoms with Crippen LogP contribution in [0.15, 0.2) is 42.5 Å². The molecule has 0 N–H and O–H groups in total. The standard InChI is InChI=1S/C24H30N2O6/c1-24(2,3)32-23(27)17-30-13-14-31-22-9-5-4-7-19(22)16-25-12-6-8-18-15-20(26(28)29)10-11-21(18)25/h4-5,7,9-11,15H,6,8,12-14,16-17H2,1-3H3. The first-order valence-electron chi connectivity index (χ1n) is 10.8. The zero-order valence-electron chi connectivity index (χ0n) is 18.8. The molecule has 0 saturated heterocycles. The predicted octanol–water partition coefficient (Wildman–Crippen LogP) is 4.28. The van der Waals surface area contributed by atoms with Crippen molar-refractivity contribution in [1.29, 1.82) is 0 Å². The van der Waals surface area contributed by atoms with E-state index in [4.69, 9.17) is 14.2 Å². The lowest BCUT2D eigenvalue weighted by molar-refractivity contribution is -0.384. The highest BCUT2D eigenvalue weighted by molar-refractivity contribution is 5.71. The summed E-state index contributed by atoms with van der Waals surface area (Å²) in [6.45, 7) is 7.41. The summed E-state index contributed by atoms with van der Waals surface area (Å²) in [6, 6.07) is 12.9. The molecule has 0 saturated carbocycles. The van der Waals surface area contributed by atoms with Gasteiger partial charge in [0.15, 0.2) is 0 Å². The number of rotatable bonds is 9. The van der Waals surface area contributed by atoms with Crippen molar-refractivity contribution in [2.45, 2.75) is 45.8 Å². The van der Waals surface area contributed by atoms with Crippen LogP contribution >= 0.6 is 0 Å². The Morgan fingerprint density at radius 3 is 2.69 bits per heavy atom. The van der Waals surface area contributed by atoms with Crippen LogP contribution in [0.25, 0.3) is 0 Å². The van der Waals surface area contributed by atoms with Crippen LogP contribution in [0.1, 0.15) is 38.3 Å². The third-order valence-electron chi connectivity index (χ3n) is 4.95. The minimum absolute atomic E-state index is 0.112. The molecule has 8 heteroatoms. The van der Waals surface area contributed by atoms with Crippen LogP contribution in [0.4, 0.5) is 11.4 Å². The van der Waals surface area contributed by atoms with Crippen molar-refractivity contribution in [3.63, 3.8) is 0 Å². The fourth-order valence-electron chi connectivity index (χ4n) is 3.66. The van der Waals surface area contributed by atoms with Crippen molar-refractivity contribution in [1.82, 2.24) is 0 Å². The second-order valence-corrected chi connectivity index (χ2v) is 8.69. The number of nitro groups is 1. The van der Waals surface area contributed by atoms with Crippen LogP contribution in [0, 0.1) is 10.1 Å². The first-order chi connectivity index (χ1) is 15.2. The molecule has 0 unspecified atom stereocenters. The molecule has 1 aliphatic rings. The molecule has 0 fully saturated rings. The van der Waals surface area contributed by atoms with E-state index in [0.29, 0.717) is 13.2 Å². The SMILES string of the molecule is CC(C)(C)OC(=O)COCCOc1ccccc1CN1CCCc2cc([N+](=O)[O-])ccc21. The molecule has 3 rings (SSSR count). The highest BCUT2D eigenvalue weighted by Crippen LogP contribution is 2.32. The lowest BCUT2D eigenvalue weighted by Gasteiger charge is -2.31. The van der Waals surface area contributed by atoms with Crippen LogP contribution in [0.3, 0.4) is 0 Å². The Hall–Kier alpha value is -3.13. The number of carbonyl (C=O) groups is 1. The minimum Gasteiger partial charge on any atom is -0.491 e. The van der Waals surface area contributed by atoms with Gasteiger partial charge >= 0.3 is 5.97 Å². The Kier molecular flexibility index (Phi) is 7.69. The van der Waals surface area contributed by atoms with Crippen molar-refractivity contribution in [2.24, 2.45) is 0 Å². The smallest absolute Gasteiger partial charge is 0.332 e. The van der Waals surface area contributed by atoms with Gasteiger partial charge in [-0.15, -0.1) is 0 Å². The molecule has 172 valence electrons. The number of para-hydroxylation sites is 1. The van der Waals surface area contributed by atoms with Crippen LogP contribution in [0.5, 0.6) is 5.75 Å². The third-order valence-corrected chi connectivity index (χ3v) is 4.95. The van der Waals surface area contributed by atoms with Gasteiger partial charge < -0.3 is 19.1 Å². The van der Waals surface area contributed by atoms with E-state index in [2.05, 4.69) is 4.90 Å². The van der Waals surface area contributed by atoms with E-state index in [1.165, 1.54) is 0 Å². The van der Waals surface area contributed by atoms with Crippen LogP contribution in [-0.2, 0) is 27.2 Å². The molecule has 0 radical (unpaired) electrons. The van der Waals surface area contributed by atoms with Gasteiger partial charge in [-0.2, -0.15) is 0 Å². The normalized spacial score (nSPS) is 13.4. The molecule has 8 nitrogen and oxygen atoms in total. The number of aryl methyl sites for hydroxylation is 1. The zero-order valence-corrected chi connectivity index (χ0v) is 18.8. The number of nitrogens with zero attached hydrogens (tertiary/aromatic N) is 2. The number of esters is 1. The van der Waals surface area contributed by atoms with Crippen LogP contribution in [0.2, 0.25) is 0 Å². The van der Waals surface area contributed by atoms with Crippen molar-refractivity contribution < 1.29 is 23.9 Å². The maximum Gasteiger partial charge on any atom is 0.332 e. The first-order valence-corrected chi connectivity index (χ1v) is 10.8. The summed E-state index contributed by atoms with van der Waals surface area (Å²) in [6.07, 6.45) is 1.77. The number of hydrogen-bond donors (Lipinski definition) is 0. The topological polar surface area (TPSA) is 91.1 Å². The minimum atomic E-state index is -0.534. The fourth-order valence-corrected chi connectivity index (χ4v) is 3.66.